The molecule has 1 amide bonds. The third-order valence-corrected chi connectivity index (χ3v) is 4.77. The fourth-order valence-corrected chi connectivity index (χ4v) is 3.53. The largest absolute Gasteiger partial charge is 0.329 e. The van der Waals surface area contributed by atoms with Gasteiger partial charge in [-0.25, -0.2) is 0 Å². The molecule has 1 aliphatic heterocycles. The summed E-state index contributed by atoms with van der Waals surface area (Å²) in [5.41, 5.74) is 2.16. The third kappa shape index (κ3) is 2.38. The lowest BCUT2D eigenvalue weighted by molar-refractivity contribution is -0.126. The fourth-order valence-electron chi connectivity index (χ4n) is 2.17. The maximum Gasteiger partial charge on any atom is 0.233 e. The van der Waals surface area contributed by atoms with Gasteiger partial charge in [-0.2, -0.15) is 0 Å². The minimum Gasteiger partial charge on any atom is -0.329 e. The lowest BCUT2D eigenvalue weighted by Crippen LogP contribution is -2.22. The van der Waals surface area contributed by atoms with E-state index in [1.165, 1.54) is 0 Å². The van der Waals surface area contributed by atoms with Gasteiger partial charge in [0.1, 0.15) is 5.37 Å². The van der Waals surface area contributed by atoms with Crippen LogP contribution in [0.15, 0.2) is 42.7 Å². The summed E-state index contributed by atoms with van der Waals surface area (Å²) in [6.07, 6.45) is 4.05. The summed E-state index contributed by atoms with van der Waals surface area (Å²) in [7, 11) is 1.85. The Morgan fingerprint density at radius 3 is 2.89 bits per heavy atom. The number of amides is 1. The van der Waals surface area contributed by atoms with Gasteiger partial charge in [0.05, 0.1) is 5.75 Å². The smallest absolute Gasteiger partial charge is 0.233 e. The molecule has 1 atom stereocenters. The Bertz CT molecular complexity index is 625. The summed E-state index contributed by atoms with van der Waals surface area (Å²) in [6.45, 7) is 0. The van der Waals surface area contributed by atoms with E-state index in [-0.39, 0.29) is 11.3 Å². The Labute approximate surface area is 121 Å². The zero-order chi connectivity index (χ0) is 13.4. The molecule has 0 N–H and O–H groups in total. The zero-order valence-corrected chi connectivity index (χ0v) is 12.0. The molecule has 3 rings (SSSR count). The third-order valence-electron chi connectivity index (χ3n) is 3.22. The molecule has 1 aromatic carbocycles. The Morgan fingerprint density at radius 2 is 2.21 bits per heavy atom. The van der Waals surface area contributed by atoms with Crippen molar-refractivity contribution < 1.29 is 4.79 Å². The highest BCUT2D eigenvalue weighted by Crippen LogP contribution is 2.37. The molecule has 1 unspecified atom stereocenters. The molecule has 2 aromatic rings. The summed E-state index contributed by atoms with van der Waals surface area (Å²) >= 11 is 7.66. The molecule has 98 valence electrons. The van der Waals surface area contributed by atoms with Gasteiger partial charge in [-0.05, 0) is 24.3 Å². The number of carbonyl (C=O) groups excluding carboxylic acids is 1. The standard InChI is InChI=1S/C14H13ClN2OS/c1-16-13(18)9-19-14(16)10-5-6-17(8-10)12-4-2-3-11(15)7-12/h2-8,14H,9H2,1H3. The van der Waals surface area contributed by atoms with Crippen LogP contribution in [0.25, 0.3) is 5.69 Å². The van der Waals surface area contributed by atoms with Crippen molar-refractivity contribution in [3.8, 4) is 5.69 Å². The first-order chi connectivity index (χ1) is 9.15. The van der Waals surface area contributed by atoms with Crippen molar-refractivity contribution >= 4 is 29.3 Å². The number of nitrogens with zero attached hydrogens (tertiary/aromatic N) is 2. The predicted octanol–water partition coefficient (Wildman–Crippen LogP) is 3.33. The molecule has 0 spiro atoms. The second kappa shape index (κ2) is 4.94. The van der Waals surface area contributed by atoms with Gasteiger partial charge in [-0.15, -0.1) is 11.8 Å². The summed E-state index contributed by atoms with van der Waals surface area (Å²) in [6, 6.07) is 9.76. The van der Waals surface area contributed by atoms with Crippen molar-refractivity contribution in [2.24, 2.45) is 0 Å². The summed E-state index contributed by atoms with van der Waals surface area (Å²) in [4.78, 5) is 13.4. The number of carbonyl (C=O) groups is 1. The number of hydrogen-bond donors (Lipinski definition) is 0. The normalized spacial score (nSPS) is 19.2. The van der Waals surface area contributed by atoms with Gasteiger partial charge in [-0.3, -0.25) is 4.79 Å². The Balaban J connectivity index is 1.90. The highest BCUT2D eigenvalue weighted by Gasteiger charge is 2.30. The Kier molecular flexibility index (Phi) is 3.29. The molecule has 1 aromatic heterocycles. The Morgan fingerprint density at radius 1 is 1.37 bits per heavy atom. The fraction of sp³-hybridized carbons (Fsp3) is 0.214. The van der Waals surface area contributed by atoms with Crippen molar-refractivity contribution in [2.75, 3.05) is 12.8 Å². The van der Waals surface area contributed by atoms with Gasteiger partial charge in [0, 0.05) is 35.7 Å². The SMILES string of the molecule is CN1C(=O)CSC1c1ccn(-c2cccc(Cl)c2)c1. The molecule has 0 saturated carbocycles. The van der Waals surface area contributed by atoms with Crippen molar-refractivity contribution in [1.29, 1.82) is 0 Å². The van der Waals surface area contributed by atoms with Gasteiger partial charge in [0.25, 0.3) is 0 Å². The number of benzene rings is 1. The first-order valence-electron chi connectivity index (χ1n) is 5.96. The maximum absolute atomic E-state index is 11.6. The van der Waals surface area contributed by atoms with E-state index < -0.39 is 0 Å². The molecule has 3 nitrogen and oxygen atoms in total. The van der Waals surface area contributed by atoms with E-state index in [9.17, 15) is 4.79 Å². The molecular formula is C14H13ClN2OS. The van der Waals surface area contributed by atoms with E-state index >= 15 is 0 Å². The van der Waals surface area contributed by atoms with Crippen molar-refractivity contribution in [2.45, 2.75) is 5.37 Å². The summed E-state index contributed by atoms with van der Waals surface area (Å²) in [5.74, 6) is 0.745. The van der Waals surface area contributed by atoms with Gasteiger partial charge in [0.2, 0.25) is 5.91 Å². The number of halogens is 1. The van der Waals surface area contributed by atoms with E-state index in [1.807, 2.05) is 48.1 Å². The molecular weight excluding hydrogens is 280 g/mol. The van der Waals surface area contributed by atoms with Crippen LogP contribution in [0.2, 0.25) is 5.02 Å². The topological polar surface area (TPSA) is 25.2 Å². The van der Waals surface area contributed by atoms with E-state index in [4.69, 9.17) is 11.6 Å². The minimum absolute atomic E-state index is 0.118. The van der Waals surface area contributed by atoms with Crippen LogP contribution in [0.3, 0.4) is 0 Å². The van der Waals surface area contributed by atoms with Crippen LogP contribution < -0.4 is 0 Å². The van der Waals surface area contributed by atoms with Crippen LogP contribution in [-0.2, 0) is 4.79 Å². The molecule has 0 radical (unpaired) electrons. The summed E-state index contributed by atoms with van der Waals surface area (Å²) in [5, 5.41) is 0.836. The highest BCUT2D eigenvalue weighted by atomic mass is 35.5. The molecule has 19 heavy (non-hydrogen) atoms. The number of thioether (sulfide) groups is 1. The summed E-state index contributed by atoms with van der Waals surface area (Å²) < 4.78 is 2.03. The van der Waals surface area contributed by atoms with Crippen LogP contribution >= 0.6 is 23.4 Å². The average Bonchev–Trinajstić information content (AvgIpc) is 2.98. The lowest BCUT2D eigenvalue weighted by Gasteiger charge is -2.17. The highest BCUT2D eigenvalue weighted by molar-refractivity contribution is 8.00. The first kappa shape index (κ1) is 12.6. The van der Waals surface area contributed by atoms with Gasteiger partial charge >= 0.3 is 0 Å². The molecule has 1 aliphatic rings. The van der Waals surface area contributed by atoms with Crippen molar-refractivity contribution in [1.82, 2.24) is 9.47 Å². The van der Waals surface area contributed by atoms with E-state index in [0.717, 1.165) is 16.3 Å². The maximum atomic E-state index is 11.6. The minimum atomic E-state index is 0.118. The first-order valence-corrected chi connectivity index (χ1v) is 7.39. The van der Waals surface area contributed by atoms with Gasteiger partial charge < -0.3 is 9.47 Å². The molecule has 1 saturated heterocycles. The van der Waals surface area contributed by atoms with Crippen molar-refractivity contribution in [3.63, 3.8) is 0 Å². The molecule has 0 bridgehead atoms. The Hall–Kier alpha value is -1.39. The average molecular weight is 293 g/mol. The molecule has 2 heterocycles. The monoisotopic (exact) mass is 292 g/mol. The molecule has 5 heteroatoms. The second-order valence-electron chi connectivity index (χ2n) is 4.50. The lowest BCUT2D eigenvalue weighted by atomic mass is 10.3. The second-order valence-corrected chi connectivity index (χ2v) is 6.00. The predicted molar refractivity (Wildman–Crippen MR) is 78.7 cm³/mol. The van der Waals surface area contributed by atoms with Crippen molar-refractivity contribution in [3.05, 3.63) is 53.3 Å². The van der Waals surface area contributed by atoms with Crippen LogP contribution in [0, 0.1) is 0 Å². The molecule has 1 fully saturated rings. The molecule has 0 aliphatic carbocycles. The van der Waals surface area contributed by atoms with E-state index in [2.05, 4.69) is 6.20 Å². The van der Waals surface area contributed by atoms with Crippen LogP contribution in [0.4, 0.5) is 0 Å². The van der Waals surface area contributed by atoms with E-state index in [1.54, 1.807) is 16.7 Å². The zero-order valence-electron chi connectivity index (χ0n) is 10.4. The van der Waals surface area contributed by atoms with E-state index in [0.29, 0.717) is 5.75 Å². The van der Waals surface area contributed by atoms with Crippen LogP contribution in [0.1, 0.15) is 10.9 Å². The van der Waals surface area contributed by atoms with Crippen LogP contribution in [0.5, 0.6) is 0 Å². The van der Waals surface area contributed by atoms with Gasteiger partial charge in [-0.1, -0.05) is 17.7 Å². The number of hydrogen-bond acceptors (Lipinski definition) is 2. The number of rotatable bonds is 2. The quantitative estimate of drug-likeness (QED) is 0.848. The van der Waals surface area contributed by atoms with Gasteiger partial charge in [0.15, 0.2) is 0 Å². The number of aromatic nitrogens is 1. The van der Waals surface area contributed by atoms with Crippen LogP contribution in [-0.4, -0.2) is 28.2 Å².